The summed E-state index contributed by atoms with van der Waals surface area (Å²) in [4.78, 5) is 6.98. The van der Waals surface area contributed by atoms with E-state index in [9.17, 15) is 0 Å². The molecule has 3 N–H and O–H groups in total. The molecule has 2 atom stereocenters. The van der Waals surface area contributed by atoms with Gasteiger partial charge in [0.15, 0.2) is 0 Å². The molecule has 0 radical (unpaired) electrons. The Kier molecular flexibility index (Phi) is 3.48. The maximum Gasteiger partial charge on any atom is 0.244 e. The topological polar surface area (TPSA) is 70.8 Å². The molecule has 1 aliphatic heterocycles. The van der Waals surface area contributed by atoms with Crippen molar-refractivity contribution in [2.24, 2.45) is 17.6 Å². The van der Waals surface area contributed by atoms with Gasteiger partial charge in [-0.1, -0.05) is 6.92 Å². The first-order chi connectivity index (χ1) is 9.15. The third-order valence-electron chi connectivity index (χ3n) is 4.82. The second-order valence-electron chi connectivity index (χ2n) is 6.33. The molecule has 2 unspecified atom stereocenters. The number of nitrogens with zero attached hydrogens (tertiary/aromatic N) is 3. The minimum Gasteiger partial charge on any atom is -0.340 e. The molecule has 1 saturated heterocycles. The van der Waals surface area contributed by atoms with Crippen molar-refractivity contribution in [2.45, 2.75) is 51.5 Å². The van der Waals surface area contributed by atoms with Gasteiger partial charge in [0, 0.05) is 25.0 Å². The van der Waals surface area contributed by atoms with Gasteiger partial charge in [-0.2, -0.15) is 4.98 Å². The van der Waals surface area contributed by atoms with Crippen LogP contribution in [0.1, 0.15) is 51.3 Å². The average molecular weight is 263 g/mol. The van der Waals surface area contributed by atoms with E-state index < -0.39 is 0 Å². The van der Waals surface area contributed by atoms with Crippen molar-refractivity contribution < 1.29 is 0 Å². The number of aromatic nitrogens is 3. The molecule has 2 aliphatic rings. The van der Waals surface area contributed by atoms with Gasteiger partial charge in [0.2, 0.25) is 5.95 Å². The quantitative estimate of drug-likeness (QED) is 0.870. The molecule has 106 valence electrons. The van der Waals surface area contributed by atoms with E-state index in [-0.39, 0.29) is 0 Å². The molecule has 5 nitrogen and oxygen atoms in total. The van der Waals surface area contributed by atoms with Gasteiger partial charge in [0.1, 0.15) is 5.82 Å². The van der Waals surface area contributed by atoms with Crippen molar-refractivity contribution in [1.29, 1.82) is 0 Å². The van der Waals surface area contributed by atoms with E-state index in [1.807, 2.05) is 0 Å². The van der Waals surface area contributed by atoms with Crippen LogP contribution in [-0.4, -0.2) is 34.3 Å². The van der Waals surface area contributed by atoms with Crippen molar-refractivity contribution in [3.63, 3.8) is 0 Å². The third-order valence-corrected chi connectivity index (χ3v) is 4.82. The van der Waals surface area contributed by atoms with E-state index >= 15 is 0 Å². The summed E-state index contributed by atoms with van der Waals surface area (Å²) in [5, 5.41) is 7.53. The molecule has 0 aromatic carbocycles. The Morgan fingerprint density at radius 2 is 1.84 bits per heavy atom. The number of nitrogens with two attached hydrogens (primary N) is 1. The zero-order chi connectivity index (χ0) is 13.4. The minimum absolute atomic E-state index is 0.305. The van der Waals surface area contributed by atoms with Crippen molar-refractivity contribution in [2.75, 3.05) is 18.0 Å². The molecule has 0 amide bonds. The molecular weight excluding hydrogens is 238 g/mol. The van der Waals surface area contributed by atoms with Crippen LogP contribution in [0.5, 0.6) is 0 Å². The Bertz CT molecular complexity index is 415. The van der Waals surface area contributed by atoms with Crippen molar-refractivity contribution in [3.05, 3.63) is 5.82 Å². The maximum atomic E-state index is 5.98. The lowest BCUT2D eigenvalue weighted by atomic mass is 9.91. The van der Waals surface area contributed by atoms with Gasteiger partial charge in [0.05, 0.1) is 0 Å². The number of aromatic amines is 1. The van der Waals surface area contributed by atoms with Crippen LogP contribution in [0.3, 0.4) is 0 Å². The van der Waals surface area contributed by atoms with Crippen LogP contribution in [0, 0.1) is 11.8 Å². The largest absolute Gasteiger partial charge is 0.340 e. The van der Waals surface area contributed by atoms with Crippen LogP contribution in [-0.2, 0) is 0 Å². The number of piperidine rings is 1. The number of H-pyrrole nitrogens is 1. The van der Waals surface area contributed by atoms with Crippen LogP contribution in [0.4, 0.5) is 5.95 Å². The number of hydrogen-bond acceptors (Lipinski definition) is 4. The van der Waals surface area contributed by atoms with Crippen molar-refractivity contribution >= 4 is 5.95 Å². The number of hydrogen-bond donors (Lipinski definition) is 2. The summed E-state index contributed by atoms with van der Waals surface area (Å²) < 4.78 is 0. The van der Waals surface area contributed by atoms with Gasteiger partial charge in [-0.15, -0.1) is 5.10 Å². The summed E-state index contributed by atoms with van der Waals surface area (Å²) in [7, 11) is 0. The summed E-state index contributed by atoms with van der Waals surface area (Å²) in [5.74, 6) is 3.95. The van der Waals surface area contributed by atoms with E-state index in [1.165, 1.54) is 12.8 Å². The van der Waals surface area contributed by atoms with E-state index in [1.54, 1.807) is 0 Å². The number of nitrogens with one attached hydrogen (secondary N) is 1. The van der Waals surface area contributed by atoms with E-state index in [2.05, 4.69) is 28.9 Å². The van der Waals surface area contributed by atoms with E-state index in [0.717, 1.165) is 43.6 Å². The Balaban J connectivity index is 1.60. The fourth-order valence-corrected chi connectivity index (χ4v) is 3.05. The second kappa shape index (κ2) is 5.12. The molecule has 1 aliphatic carbocycles. The lowest BCUT2D eigenvalue weighted by Gasteiger charge is -2.32. The summed E-state index contributed by atoms with van der Waals surface area (Å²) in [5.41, 5.74) is 5.98. The first-order valence-electron chi connectivity index (χ1n) is 7.58. The number of anilines is 1. The molecule has 19 heavy (non-hydrogen) atoms. The van der Waals surface area contributed by atoms with Crippen LogP contribution < -0.4 is 10.6 Å². The number of rotatable bonds is 4. The Hall–Kier alpha value is -1.10. The molecule has 2 fully saturated rings. The molecule has 0 bridgehead atoms. The van der Waals surface area contributed by atoms with Crippen LogP contribution in [0.2, 0.25) is 0 Å². The Labute approximate surface area is 115 Å². The summed E-state index contributed by atoms with van der Waals surface area (Å²) >= 11 is 0. The smallest absolute Gasteiger partial charge is 0.244 e. The summed E-state index contributed by atoms with van der Waals surface area (Å²) in [6.45, 7) is 6.43. The first-order valence-corrected chi connectivity index (χ1v) is 7.58. The fraction of sp³-hybridized carbons (Fsp3) is 0.857. The molecule has 2 heterocycles. The first kappa shape index (κ1) is 12.9. The maximum absolute atomic E-state index is 5.98. The third kappa shape index (κ3) is 2.76. The molecule has 1 saturated carbocycles. The molecule has 3 rings (SSSR count). The second-order valence-corrected chi connectivity index (χ2v) is 6.33. The monoisotopic (exact) mass is 263 g/mol. The summed E-state index contributed by atoms with van der Waals surface area (Å²) in [6, 6.07) is 0.305. The highest BCUT2D eigenvalue weighted by molar-refractivity contribution is 5.30. The van der Waals surface area contributed by atoms with E-state index in [4.69, 9.17) is 10.7 Å². The lowest BCUT2D eigenvalue weighted by Crippen LogP contribution is -2.40. The normalized spacial score (nSPS) is 24.5. The molecule has 1 aromatic rings. The van der Waals surface area contributed by atoms with Gasteiger partial charge >= 0.3 is 0 Å². The lowest BCUT2D eigenvalue weighted by molar-refractivity contribution is 0.352. The van der Waals surface area contributed by atoms with Crippen LogP contribution in [0.25, 0.3) is 0 Å². The standard InChI is InChI=1S/C14H25N5/c1-9(11-3-4-11)13-16-14(18-17-13)19-7-5-12(6-8-19)10(2)15/h9-12H,3-8,15H2,1-2H3,(H,16,17,18). The molecule has 1 aromatic heterocycles. The van der Waals surface area contributed by atoms with Crippen LogP contribution >= 0.6 is 0 Å². The minimum atomic E-state index is 0.305. The van der Waals surface area contributed by atoms with Crippen molar-refractivity contribution in [3.8, 4) is 0 Å². The molecule has 0 spiro atoms. The van der Waals surface area contributed by atoms with Gasteiger partial charge in [-0.25, -0.2) is 0 Å². The summed E-state index contributed by atoms with van der Waals surface area (Å²) in [6.07, 6.45) is 4.99. The molecule has 5 heteroatoms. The Morgan fingerprint density at radius 1 is 1.16 bits per heavy atom. The van der Waals surface area contributed by atoms with Gasteiger partial charge in [0.25, 0.3) is 0 Å². The highest BCUT2D eigenvalue weighted by atomic mass is 15.4. The zero-order valence-corrected chi connectivity index (χ0v) is 12.0. The Morgan fingerprint density at radius 3 is 2.42 bits per heavy atom. The predicted molar refractivity (Wildman–Crippen MR) is 76.1 cm³/mol. The van der Waals surface area contributed by atoms with Gasteiger partial charge in [-0.3, -0.25) is 5.10 Å². The molecular formula is C14H25N5. The van der Waals surface area contributed by atoms with Crippen LogP contribution in [0.15, 0.2) is 0 Å². The highest BCUT2D eigenvalue weighted by Crippen LogP contribution is 2.41. The van der Waals surface area contributed by atoms with Gasteiger partial charge < -0.3 is 10.6 Å². The van der Waals surface area contributed by atoms with Gasteiger partial charge in [-0.05, 0) is 44.4 Å². The fourth-order valence-electron chi connectivity index (χ4n) is 3.05. The van der Waals surface area contributed by atoms with E-state index in [0.29, 0.717) is 17.9 Å². The zero-order valence-electron chi connectivity index (χ0n) is 12.0. The SMILES string of the molecule is CC(N)C1CCN(c2n[nH]c(C(C)C3CC3)n2)CC1. The highest BCUT2D eigenvalue weighted by Gasteiger charge is 2.31. The van der Waals surface area contributed by atoms with Crippen molar-refractivity contribution in [1.82, 2.24) is 15.2 Å². The average Bonchev–Trinajstić information content (AvgIpc) is 3.15. The predicted octanol–water partition coefficient (Wildman–Crippen LogP) is 1.88.